The van der Waals surface area contributed by atoms with E-state index < -0.39 is 47.1 Å². The number of methoxy groups -OCH3 is 2. The molecule has 5 N–H and O–H groups in total. The second-order valence-electron chi connectivity index (χ2n) is 12.7. The van der Waals surface area contributed by atoms with Crippen molar-refractivity contribution in [3.05, 3.63) is 24.3 Å². The fraction of sp³-hybridized carbons (Fsp3) is 0.697. The van der Waals surface area contributed by atoms with Crippen LogP contribution >= 0.6 is 0 Å². The normalized spacial score (nSPS) is 19.3. The molecule has 8 atom stereocenters. The number of likely N-dealkylation sites (N-methyl/N-ethyl adjacent to an activating group) is 2. The summed E-state index contributed by atoms with van der Waals surface area (Å²) < 4.78 is 27.0. The van der Waals surface area contributed by atoms with Gasteiger partial charge in [-0.05, 0) is 56.0 Å². The molecule has 0 aliphatic carbocycles. The van der Waals surface area contributed by atoms with Gasteiger partial charge < -0.3 is 35.6 Å². The van der Waals surface area contributed by atoms with E-state index in [1.165, 1.54) is 14.2 Å². The molecule has 1 saturated heterocycles. The minimum atomic E-state index is -1.78. The number of rotatable bonds is 18. The summed E-state index contributed by atoms with van der Waals surface area (Å²) in [5, 5.41) is 5.72. The third kappa shape index (κ3) is 10.7. The Morgan fingerprint density at radius 3 is 2.23 bits per heavy atom. The van der Waals surface area contributed by atoms with E-state index in [1.54, 1.807) is 55.1 Å². The summed E-state index contributed by atoms with van der Waals surface area (Å²) in [6.45, 7) is 9.88. The summed E-state index contributed by atoms with van der Waals surface area (Å²) in [4.78, 5) is 56.7. The van der Waals surface area contributed by atoms with Crippen molar-refractivity contribution in [2.45, 2.75) is 95.5 Å². The summed E-state index contributed by atoms with van der Waals surface area (Å²) in [6, 6.07) is 5.17. The van der Waals surface area contributed by atoms with E-state index in [0.29, 0.717) is 23.5 Å². The minimum absolute atomic E-state index is 0.00938. The van der Waals surface area contributed by atoms with E-state index in [9.17, 15) is 23.4 Å². The predicted octanol–water partition coefficient (Wildman–Crippen LogP) is 1.69. The number of benzene rings is 1. The van der Waals surface area contributed by atoms with Crippen molar-refractivity contribution in [3.8, 4) is 0 Å². The van der Waals surface area contributed by atoms with Crippen molar-refractivity contribution in [2.75, 3.05) is 47.1 Å². The molecule has 1 aliphatic rings. The zero-order valence-electron chi connectivity index (χ0n) is 29.4. The van der Waals surface area contributed by atoms with Gasteiger partial charge in [0.2, 0.25) is 23.6 Å². The Morgan fingerprint density at radius 1 is 1.06 bits per heavy atom. The van der Waals surface area contributed by atoms with Crippen LogP contribution in [0.5, 0.6) is 0 Å². The van der Waals surface area contributed by atoms with Gasteiger partial charge in [0.05, 0.1) is 54.1 Å². The number of carbonyl (C=O) groups excluding carboxylic acids is 4. The van der Waals surface area contributed by atoms with Crippen LogP contribution in [0, 0.1) is 17.8 Å². The van der Waals surface area contributed by atoms with Crippen LogP contribution in [0.3, 0.4) is 0 Å². The molecule has 1 fully saturated rings. The summed E-state index contributed by atoms with van der Waals surface area (Å²) >= 11 is 0. The highest BCUT2D eigenvalue weighted by atomic mass is 32.2. The van der Waals surface area contributed by atoms with Gasteiger partial charge in [-0.25, -0.2) is 4.21 Å². The van der Waals surface area contributed by atoms with E-state index in [-0.39, 0.29) is 48.6 Å². The zero-order valence-corrected chi connectivity index (χ0v) is 30.2. The average Bonchev–Trinajstić information content (AvgIpc) is 3.53. The van der Waals surface area contributed by atoms with Gasteiger partial charge in [0.1, 0.15) is 0 Å². The van der Waals surface area contributed by atoms with Gasteiger partial charge in [-0.3, -0.25) is 23.9 Å². The topological polar surface area (TPSA) is 172 Å². The molecule has 2 rings (SSSR count). The van der Waals surface area contributed by atoms with Gasteiger partial charge in [-0.1, -0.05) is 41.0 Å². The smallest absolute Gasteiger partial charge is 0.242 e. The van der Waals surface area contributed by atoms with Crippen LogP contribution in [0.1, 0.15) is 60.3 Å². The summed E-state index contributed by atoms with van der Waals surface area (Å²) in [5.41, 5.74) is 6.24. The standard InChI is InChI=1S/C33H56N6O7S/c1-10-21(4)30(38(7)28(41)19-36-33(43)29(35-6)20(2)3)26(45-8)18-27(40)39-17-11-12-25(39)31(46-9)22(5)32(42)37-47(44)24-15-13-23(34)14-16-24/h13-16,20-22,25-26,29-31,35H,10-12,17-19,34H2,1-9H3,(H,36,43)(H,37,42). The molecule has 1 aromatic carbocycles. The van der Waals surface area contributed by atoms with Crippen LogP contribution in [0.25, 0.3) is 0 Å². The van der Waals surface area contributed by atoms with Crippen molar-refractivity contribution in [2.24, 2.45) is 17.8 Å². The Labute approximate surface area is 282 Å². The molecule has 47 heavy (non-hydrogen) atoms. The monoisotopic (exact) mass is 680 g/mol. The maximum atomic E-state index is 13.9. The van der Waals surface area contributed by atoms with E-state index in [2.05, 4.69) is 15.4 Å². The lowest BCUT2D eigenvalue weighted by molar-refractivity contribution is -0.145. The first kappa shape index (κ1) is 40.1. The SMILES string of the molecule is CCC(C)C(C(CC(=O)N1CCCC1C(OC)C(C)C(=O)NS(=O)c1ccc(N)cc1)OC)N(C)C(=O)CNC(=O)C(NC)C(C)C. The molecule has 4 amide bonds. The Bertz CT molecular complexity index is 1220. The molecular formula is C33H56N6O7S. The third-order valence-corrected chi connectivity index (χ3v) is 10.4. The van der Waals surface area contributed by atoms with E-state index >= 15 is 0 Å². The number of amides is 4. The first-order valence-electron chi connectivity index (χ1n) is 16.4. The highest BCUT2D eigenvalue weighted by molar-refractivity contribution is 7.83. The van der Waals surface area contributed by atoms with Gasteiger partial charge in [0, 0.05) is 33.5 Å². The molecule has 13 nitrogen and oxygen atoms in total. The van der Waals surface area contributed by atoms with Crippen LogP contribution in [-0.4, -0.2) is 109 Å². The van der Waals surface area contributed by atoms with Crippen LogP contribution in [0.2, 0.25) is 0 Å². The highest BCUT2D eigenvalue weighted by Crippen LogP contribution is 2.29. The van der Waals surface area contributed by atoms with Crippen LogP contribution in [0.4, 0.5) is 5.69 Å². The summed E-state index contributed by atoms with van der Waals surface area (Å²) in [5.74, 6) is -1.84. The number of hydrogen-bond acceptors (Lipinski definition) is 9. The van der Waals surface area contributed by atoms with E-state index in [1.807, 2.05) is 27.7 Å². The lowest BCUT2D eigenvalue weighted by Gasteiger charge is -2.39. The first-order chi connectivity index (χ1) is 22.2. The van der Waals surface area contributed by atoms with Gasteiger partial charge in [0.15, 0.2) is 11.0 Å². The largest absolute Gasteiger partial charge is 0.399 e. The molecule has 0 spiro atoms. The second kappa shape index (κ2) is 19.1. The summed E-state index contributed by atoms with van der Waals surface area (Å²) in [6.07, 6.45) is 0.859. The number of nitrogens with two attached hydrogens (primary N) is 1. The van der Waals surface area contributed by atoms with Gasteiger partial charge in [0.25, 0.3) is 0 Å². The molecule has 0 bridgehead atoms. The van der Waals surface area contributed by atoms with Gasteiger partial charge in [-0.15, -0.1) is 0 Å². The molecular weight excluding hydrogens is 624 g/mol. The fourth-order valence-electron chi connectivity index (χ4n) is 6.32. The van der Waals surface area contributed by atoms with Gasteiger partial charge in [-0.2, -0.15) is 0 Å². The predicted molar refractivity (Wildman–Crippen MR) is 182 cm³/mol. The number of ether oxygens (including phenoxy) is 2. The second-order valence-corrected chi connectivity index (χ2v) is 13.9. The first-order valence-corrected chi connectivity index (χ1v) is 17.5. The van der Waals surface area contributed by atoms with Gasteiger partial charge >= 0.3 is 0 Å². The summed E-state index contributed by atoms with van der Waals surface area (Å²) in [7, 11) is 4.63. The number of likely N-dealkylation sites (tertiary alicyclic amines) is 1. The maximum Gasteiger partial charge on any atom is 0.242 e. The van der Waals surface area contributed by atoms with Crippen LogP contribution in [0.15, 0.2) is 29.2 Å². The van der Waals surface area contributed by atoms with Crippen molar-refractivity contribution in [1.29, 1.82) is 0 Å². The molecule has 0 radical (unpaired) electrons. The zero-order chi connectivity index (χ0) is 35.4. The molecule has 8 unspecified atom stereocenters. The molecule has 1 aromatic rings. The lowest BCUT2D eigenvalue weighted by Crippen LogP contribution is -2.55. The highest BCUT2D eigenvalue weighted by Gasteiger charge is 2.42. The molecule has 1 heterocycles. The van der Waals surface area contributed by atoms with Crippen LogP contribution in [-0.2, 0) is 39.6 Å². The number of nitrogen functional groups attached to an aromatic ring is 1. The number of carbonyl (C=O) groups is 4. The molecule has 1 aliphatic heterocycles. The van der Waals surface area contributed by atoms with Crippen LogP contribution < -0.4 is 21.1 Å². The molecule has 0 saturated carbocycles. The number of anilines is 1. The van der Waals surface area contributed by atoms with Crippen molar-refractivity contribution in [3.63, 3.8) is 0 Å². The quantitative estimate of drug-likeness (QED) is 0.168. The molecule has 266 valence electrons. The fourth-order valence-corrected chi connectivity index (χ4v) is 7.19. The van der Waals surface area contributed by atoms with E-state index in [0.717, 1.165) is 12.8 Å². The van der Waals surface area contributed by atoms with Crippen molar-refractivity contribution >= 4 is 40.3 Å². The number of hydrogen-bond donors (Lipinski definition) is 4. The Balaban J connectivity index is 2.15. The van der Waals surface area contributed by atoms with E-state index in [4.69, 9.17) is 15.2 Å². The Hall–Kier alpha value is -3.07. The van der Waals surface area contributed by atoms with Crippen molar-refractivity contribution in [1.82, 2.24) is 25.2 Å². The minimum Gasteiger partial charge on any atom is -0.399 e. The molecule has 14 heteroatoms. The number of nitrogens with zero attached hydrogens (tertiary/aromatic N) is 2. The lowest BCUT2D eigenvalue weighted by atomic mass is 9.90. The molecule has 0 aromatic heterocycles. The maximum absolute atomic E-state index is 13.9. The Kier molecular flexibility index (Phi) is 16.3. The Morgan fingerprint density at radius 2 is 1.70 bits per heavy atom. The van der Waals surface area contributed by atoms with Crippen molar-refractivity contribution < 1.29 is 32.9 Å². The average molecular weight is 681 g/mol. The number of nitrogens with one attached hydrogen (secondary N) is 3. The third-order valence-electron chi connectivity index (χ3n) is 9.27.